The van der Waals surface area contributed by atoms with Crippen LogP contribution >= 0.6 is 7.82 Å². The molecule has 1 heterocycles. The van der Waals surface area contributed by atoms with Crippen LogP contribution in [0.15, 0.2) is 48.6 Å². The zero-order valence-electron chi connectivity index (χ0n) is 39.8. The number of ether oxygens (including phenoxy) is 3. The Morgan fingerprint density at radius 2 is 1.15 bits per heavy atom. The minimum absolute atomic E-state index is 0.0592. The molecule has 0 spiro atoms. The van der Waals surface area contributed by atoms with Crippen molar-refractivity contribution in [3.05, 3.63) is 48.6 Å². The third kappa shape index (κ3) is 32.2. The van der Waals surface area contributed by atoms with Crippen LogP contribution in [0.25, 0.3) is 0 Å². The number of carbonyl (C=O) groups is 2. The number of rotatable bonds is 42. The lowest BCUT2D eigenvalue weighted by Gasteiger charge is -2.43. The molecule has 0 saturated carbocycles. The van der Waals surface area contributed by atoms with E-state index < -0.39 is 82.6 Å². The summed E-state index contributed by atoms with van der Waals surface area (Å²) in [6.45, 7) is 1.95. The van der Waals surface area contributed by atoms with Crippen molar-refractivity contribution in [3.8, 4) is 0 Å². The highest BCUT2D eigenvalue weighted by Crippen LogP contribution is 2.43. The van der Waals surface area contributed by atoms with Gasteiger partial charge in [0, 0.05) is 19.4 Å². The Kier molecular flexibility index (Phi) is 37.1. The highest BCUT2D eigenvalue weighted by atomic mass is 31.2. The van der Waals surface area contributed by atoms with Crippen molar-refractivity contribution in [2.75, 3.05) is 33.0 Å². The lowest BCUT2D eigenvalue weighted by Crippen LogP contribution is -2.68. The molecule has 16 heteroatoms. The maximum atomic E-state index is 12.8. The molecule has 0 bridgehead atoms. The van der Waals surface area contributed by atoms with E-state index in [0.29, 0.717) is 19.3 Å². The van der Waals surface area contributed by atoms with Gasteiger partial charge in [-0.15, -0.1) is 0 Å². The van der Waals surface area contributed by atoms with Crippen molar-refractivity contribution in [3.63, 3.8) is 0 Å². The zero-order chi connectivity index (χ0) is 47.9. The first kappa shape index (κ1) is 60.7. The molecule has 0 amide bonds. The molecule has 65 heavy (non-hydrogen) atoms. The summed E-state index contributed by atoms with van der Waals surface area (Å²) in [6, 6.07) is 0. The summed E-state index contributed by atoms with van der Waals surface area (Å²) in [5.41, 5.74) is 0. The number of phosphoric acid groups is 1. The van der Waals surface area contributed by atoms with Crippen LogP contribution in [0, 0.1) is 0 Å². The molecule has 1 saturated heterocycles. The molecule has 7 N–H and O–H groups in total. The second kappa shape index (κ2) is 39.7. The maximum Gasteiger partial charge on any atom is 0.472 e. The lowest BCUT2D eigenvalue weighted by atomic mass is 9.95. The number of allylic oxidation sites excluding steroid dienone is 8. The fourth-order valence-corrected chi connectivity index (χ4v) is 7.75. The Bertz CT molecular complexity index is 1360. The quantitative estimate of drug-likeness (QED) is 0.00998. The molecule has 0 aliphatic carbocycles. The zero-order valence-corrected chi connectivity index (χ0v) is 40.7. The second-order valence-corrected chi connectivity index (χ2v) is 18.4. The molecule has 1 fully saturated rings. The minimum Gasteiger partial charge on any atom is -0.462 e. The first-order valence-corrected chi connectivity index (χ1v) is 26.2. The number of esters is 2. The van der Waals surface area contributed by atoms with Gasteiger partial charge in [0.2, 0.25) is 5.79 Å². The van der Waals surface area contributed by atoms with Gasteiger partial charge < -0.3 is 44.6 Å². The molecule has 378 valence electrons. The van der Waals surface area contributed by atoms with E-state index in [1.165, 1.54) is 89.9 Å². The van der Waals surface area contributed by atoms with Crippen LogP contribution in [-0.4, -0.2) is 112 Å². The summed E-state index contributed by atoms with van der Waals surface area (Å²) in [7, 11) is -4.77. The number of hydrogen-bond donors (Lipinski definition) is 7. The molecule has 2 unspecified atom stereocenters. The largest absolute Gasteiger partial charge is 0.472 e. The van der Waals surface area contributed by atoms with Crippen LogP contribution in [-0.2, 0) is 37.4 Å². The third-order valence-electron chi connectivity index (χ3n) is 11.1. The highest BCUT2D eigenvalue weighted by Gasteiger charge is 2.53. The molecule has 0 radical (unpaired) electrons. The SMILES string of the molecule is CCCCC/C=C\C/C=C\C/C=C\C/C=C\CCCC(=O)O[C@H](COC(=O)CCCCCCCCCCCCCCCCC)COP(=O)(O)OCCNC(O)[C@@]1(O)OC[C@@H](O)[C@@H](O)[C@@H]1O. The number of aliphatic hydroxyl groups excluding tert-OH is 4. The van der Waals surface area contributed by atoms with Crippen molar-refractivity contribution in [2.24, 2.45) is 0 Å². The summed E-state index contributed by atoms with van der Waals surface area (Å²) < 4.78 is 38.5. The summed E-state index contributed by atoms with van der Waals surface area (Å²) in [5, 5.41) is 52.7. The van der Waals surface area contributed by atoms with Crippen LogP contribution in [0.2, 0.25) is 0 Å². The monoisotopic (exact) mass is 946 g/mol. The molecule has 7 atom stereocenters. The van der Waals surface area contributed by atoms with E-state index in [0.717, 1.165) is 44.9 Å². The summed E-state index contributed by atoms with van der Waals surface area (Å²) in [4.78, 5) is 35.6. The third-order valence-corrected chi connectivity index (χ3v) is 12.0. The van der Waals surface area contributed by atoms with E-state index in [9.17, 15) is 44.6 Å². The van der Waals surface area contributed by atoms with Crippen LogP contribution in [0.4, 0.5) is 0 Å². The van der Waals surface area contributed by atoms with E-state index in [4.69, 9.17) is 23.3 Å². The first-order valence-electron chi connectivity index (χ1n) is 24.7. The molecule has 1 aliphatic rings. The number of hydrogen-bond acceptors (Lipinski definition) is 14. The van der Waals surface area contributed by atoms with Gasteiger partial charge in [0.1, 0.15) is 24.9 Å². The fourth-order valence-electron chi connectivity index (χ4n) is 7.00. The molecular weight excluding hydrogens is 858 g/mol. The number of aliphatic hydroxyl groups is 5. The summed E-state index contributed by atoms with van der Waals surface area (Å²) in [5.74, 6) is -3.76. The van der Waals surface area contributed by atoms with Gasteiger partial charge in [-0.25, -0.2) is 4.57 Å². The maximum absolute atomic E-state index is 12.8. The predicted octanol–water partition coefficient (Wildman–Crippen LogP) is 8.69. The van der Waals surface area contributed by atoms with E-state index in [2.05, 4.69) is 55.6 Å². The molecule has 1 aliphatic heterocycles. The fraction of sp³-hybridized carbons (Fsp3) is 0.796. The smallest absolute Gasteiger partial charge is 0.462 e. The first-order chi connectivity index (χ1) is 31.4. The van der Waals surface area contributed by atoms with Gasteiger partial charge in [-0.05, 0) is 51.4 Å². The average molecular weight is 946 g/mol. The van der Waals surface area contributed by atoms with Crippen LogP contribution < -0.4 is 5.32 Å². The van der Waals surface area contributed by atoms with E-state index in [1.54, 1.807) is 0 Å². The van der Waals surface area contributed by atoms with Gasteiger partial charge in [-0.1, -0.05) is 165 Å². The van der Waals surface area contributed by atoms with E-state index in [-0.39, 0.29) is 19.4 Å². The van der Waals surface area contributed by atoms with Gasteiger partial charge in [0.25, 0.3) is 0 Å². The Morgan fingerprint density at radius 1 is 0.677 bits per heavy atom. The van der Waals surface area contributed by atoms with Crippen molar-refractivity contribution >= 4 is 19.8 Å². The van der Waals surface area contributed by atoms with Crippen molar-refractivity contribution in [2.45, 2.75) is 217 Å². The minimum atomic E-state index is -4.77. The Balaban J connectivity index is 2.49. The average Bonchev–Trinajstić information content (AvgIpc) is 3.28. The molecule has 0 aromatic carbocycles. The van der Waals surface area contributed by atoms with Gasteiger partial charge in [0.05, 0.1) is 19.8 Å². The highest BCUT2D eigenvalue weighted by molar-refractivity contribution is 7.47. The van der Waals surface area contributed by atoms with Gasteiger partial charge in [0.15, 0.2) is 12.3 Å². The normalized spacial score (nSPS) is 21.1. The van der Waals surface area contributed by atoms with Gasteiger partial charge >= 0.3 is 19.8 Å². The van der Waals surface area contributed by atoms with Gasteiger partial charge in [-0.3, -0.25) is 24.0 Å². The standard InChI is InChI=1S/C49H88NO14P/c1-3-5-7-9-11-13-15-17-19-20-22-24-26-28-30-32-34-36-45(53)64-42(39-60-44(52)35-33-31-29-27-25-23-21-18-16-14-12-10-8-6-4-2)40-63-65(58,59)62-38-37-50-48(56)49(57)47(55)46(54)43(51)41-61-49/h11,13,17,19,22,24,28,30,42-43,46-48,50-51,54-57H,3-10,12,14-16,18,20-21,23,25-27,29,31-41H2,1-2H3,(H,58,59)/b13-11-,19-17-,24-22-,30-28-/t42-,43-,46-,47+,48?,49+/m1/s1. The topological polar surface area (TPSA) is 231 Å². The van der Waals surface area contributed by atoms with Crippen molar-refractivity contribution < 1.29 is 67.8 Å². The van der Waals surface area contributed by atoms with Gasteiger partial charge in [-0.2, -0.15) is 0 Å². The Labute approximate surface area is 390 Å². The van der Waals surface area contributed by atoms with Crippen LogP contribution in [0.3, 0.4) is 0 Å². The number of nitrogens with one attached hydrogen (secondary N) is 1. The van der Waals surface area contributed by atoms with Crippen LogP contribution in [0.5, 0.6) is 0 Å². The number of phosphoric ester groups is 1. The molecule has 0 aromatic rings. The van der Waals surface area contributed by atoms with E-state index in [1.807, 2.05) is 12.2 Å². The Hall–Kier alpha value is -2.27. The van der Waals surface area contributed by atoms with Crippen molar-refractivity contribution in [1.82, 2.24) is 5.32 Å². The molecular formula is C49H88NO14P. The Morgan fingerprint density at radius 3 is 1.71 bits per heavy atom. The second-order valence-electron chi connectivity index (χ2n) is 17.0. The molecule has 15 nitrogen and oxygen atoms in total. The summed E-state index contributed by atoms with van der Waals surface area (Å²) >= 11 is 0. The predicted molar refractivity (Wildman–Crippen MR) is 253 cm³/mol. The lowest BCUT2D eigenvalue weighted by molar-refractivity contribution is -0.355. The molecule has 0 aromatic heterocycles. The number of unbranched alkanes of at least 4 members (excludes halogenated alkanes) is 18. The number of carbonyl (C=O) groups excluding carboxylic acids is 2. The van der Waals surface area contributed by atoms with Crippen LogP contribution in [0.1, 0.15) is 181 Å². The molecule has 1 rings (SSSR count). The van der Waals surface area contributed by atoms with E-state index >= 15 is 0 Å². The van der Waals surface area contributed by atoms with Crippen molar-refractivity contribution in [1.29, 1.82) is 0 Å². The summed E-state index contributed by atoms with van der Waals surface area (Å²) in [6.07, 6.45) is 35.4.